The lowest BCUT2D eigenvalue weighted by atomic mass is 9.33. The third kappa shape index (κ3) is 5.85. The highest BCUT2D eigenvalue weighted by atomic mass is 16.5. The average Bonchev–Trinajstić information content (AvgIpc) is 3.80. The summed E-state index contributed by atoms with van der Waals surface area (Å²) in [5.41, 5.74) is 1.13. The number of carboxylic acid groups (broad SMARTS) is 1. The Balaban J connectivity index is 1.15. The predicted octanol–water partition coefficient (Wildman–Crippen LogP) is 9.14. The van der Waals surface area contributed by atoms with E-state index in [-0.39, 0.29) is 57.7 Å². The minimum atomic E-state index is -1.17. The number of ketones is 1. The van der Waals surface area contributed by atoms with Gasteiger partial charge < -0.3 is 15.2 Å². The maximum atomic E-state index is 14.1. The Kier molecular flexibility index (Phi) is 9.29. The van der Waals surface area contributed by atoms with Gasteiger partial charge in [-0.3, -0.25) is 24.2 Å². The van der Waals surface area contributed by atoms with Crippen molar-refractivity contribution in [2.45, 2.75) is 151 Å². The lowest BCUT2D eigenvalue weighted by molar-refractivity contribution is -0.232. The smallest absolute Gasteiger partial charge is 0.309 e. The Labute approximate surface area is 322 Å². The highest BCUT2D eigenvalue weighted by molar-refractivity contribution is 6.01. The Hall–Kier alpha value is -3.29. The molecule has 0 saturated heterocycles. The molecule has 1 aromatic rings. The fourth-order valence-corrected chi connectivity index (χ4v) is 13.4. The van der Waals surface area contributed by atoms with Crippen LogP contribution in [0.15, 0.2) is 47.7 Å². The van der Waals surface area contributed by atoms with Crippen molar-refractivity contribution in [3.8, 4) is 0 Å². The number of amides is 1. The number of allylic oxidation sites excluding steroid dienone is 3. The molecule has 0 aromatic carbocycles. The van der Waals surface area contributed by atoms with Gasteiger partial charge in [0.1, 0.15) is 6.10 Å². The van der Waals surface area contributed by atoms with Crippen LogP contribution >= 0.6 is 0 Å². The number of pyridine rings is 1. The highest BCUT2D eigenvalue weighted by Gasteiger charge is 2.70. The number of nitrogens with zero attached hydrogens (tertiary/aromatic N) is 1. The van der Waals surface area contributed by atoms with Gasteiger partial charge in [-0.25, -0.2) is 0 Å². The predicted molar refractivity (Wildman–Crippen MR) is 208 cm³/mol. The first kappa shape index (κ1) is 39.0. The molecule has 54 heavy (non-hydrogen) atoms. The van der Waals surface area contributed by atoms with Crippen molar-refractivity contribution in [1.82, 2.24) is 10.3 Å². The molecule has 0 radical (unpaired) electrons. The minimum absolute atomic E-state index is 0.00346. The van der Waals surface area contributed by atoms with Crippen LogP contribution in [0.4, 0.5) is 0 Å². The molecule has 5 saturated carbocycles. The molecule has 1 heterocycles. The van der Waals surface area contributed by atoms with E-state index in [1.165, 1.54) is 5.57 Å². The Morgan fingerprint density at radius 3 is 2.30 bits per heavy atom. The number of esters is 1. The number of hydrogen-bond acceptors (Lipinski definition) is 6. The summed E-state index contributed by atoms with van der Waals surface area (Å²) in [6.45, 7) is 19.6. The molecule has 8 heteroatoms. The first-order chi connectivity index (χ1) is 25.2. The van der Waals surface area contributed by atoms with Crippen molar-refractivity contribution in [1.29, 1.82) is 0 Å². The number of carbonyl (C=O) groups is 4. The first-order valence-electron chi connectivity index (χ1n) is 20.8. The largest absolute Gasteiger partial charge is 0.481 e. The number of ether oxygens (including phenoxy) is 1. The van der Waals surface area contributed by atoms with Crippen molar-refractivity contribution in [2.75, 3.05) is 0 Å². The summed E-state index contributed by atoms with van der Waals surface area (Å²) in [4.78, 5) is 57.1. The molecule has 2 N–H and O–H groups in total. The van der Waals surface area contributed by atoms with Gasteiger partial charge in [0.2, 0.25) is 5.91 Å². The molecule has 0 bridgehead atoms. The van der Waals surface area contributed by atoms with Gasteiger partial charge in [-0.05, 0) is 147 Å². The Bertz CT molecular complexity index is 1790. The number of Topliss-reactive ketones (excluding diaryl/α,β-unsaturated/α-hetero) is 1. The van der Waals surface area contributed by atoms with E-state index in [1.54, 1.807) is 26.1 Å². The topological polar surface area (TPSA) is 123 Å². The van der Waals surface area contributed by atoms with Crippen LogP contribution in [0.1, 0.15) is 145 Å². The lowest BCUT2D eigenvalue weighted by Gasteiger charge is -2.72. The highest BCUT2D eigenvalue weighted by Crippen LogP contribution is 2.77. The van der Waals surface area contributed by atoms with Crippen LogP contribution < -0.4 is 5.32 Å². The molecule has 6 aliphatic rings. The second-order valence-electron chi connectivity index (χ2n) is 20.7. The average molecular weight is 741 g/mol. The molecule has 1 amide bonds. The zero-order valence-electron chi connectivity index (χ0n) is 34.3. The van der Waals surface area contributed by atoms with Crippen molar-refractivity contribution in [2.24, 2.45) is 56.2 Å². The van der Waals surface area contributed by atoms with Gasteiger partial charge in [-0.15, -0.1) is 0 Å². The number of hydrogen-bond donors (Lipinski definition) is 2. The van der Waals surface area contributed by atoms with Gasteiger partial charge >= 0.3 is 11.9 Å². The second-order valence-corrected chi connectivity index (χ2v) is 20.7. The van der Waals surface area contributed by atoms with Crippen LogP contribution in [-0.2, 0) is 29.5 Å². The molecule has 0 aliphatic heterocycles. The zero-order chi connectivity index (χ0) is 39.3. The first-order valence-corrected chi connectivity index (χ1v) is 20.8. The number of carbonyl (C=O) groups excluding carboxylic acids is 3. The molecule has 294 valence electrons. The lowest BCUT2D eigenvalue weighted by Crippen LogP contribution is -2.65. The fourth-order valence-electron chi connectivity index (χ4n) is 13.4. The van der Waals surface area contributed by atoms with Crippen LogP contribution in [0, 0.1) is 56.2 Å². The molecule has 5 fully saturated rings. The van der Waals surface area contributed by atoms with E-state index < -0.39 is 28.3 Å². The Morgan fingerprint density at radius 1 is 0.944 bits per heavy atom. The number of carboxylic acids is 1. The molecule has 0 spiro atoms. The van der Waals surface area contributed by atoms with E-state index >= 15 is 0 Å². The van der Waals surface area contributed by atoms with Gasteiger partial charge in [-0.2, -0.15) is 0 Å². The fraction of sp³-hybridized carbons (Fsp3) is 0.717. The molecule has 8 nitrogen and oxygen atoms in total. The second kappa shape index (κ2) is 12.9. The summed E-state index contributed by atoms with van der Waals surface area (Å²) in [6, 6.07) is 5.85. The van der Waals surface area contributed by atoms with Crippen LogP contribution in [0.25, 0.3) is 0 Å². The number of rotatable bonds is 9. The van der Waals surface area contributed by atoms with Crippen LogP contribution in [0.3, 0.4) is 0 Å². The van der Waals surface area contributed by atoms with E-state index in [0.29, 0.717) is 18.3 Å². The van der Waals surface area contributed by atoms with Crippen molar-refractivity contribution < 1.29 is 29.0 Å². The summed E-state index contributed by atoms with van der Waals surface area (Å²) in [5.74, 6) is -0.0170. The summed E-state index contributed by atoms with van der Waals surface area (Å²) >= 11 is 0. The van der Waals surface area contributed by atoms with E-state index in [1.807, 2.05) is 18.2 Å². The third-order valence-electron chi connectivity index (χ3n) is 16.7. The standard InChI is InChI=1S/C46H64N2O6/c1-28(2)37-30(49)26-45(20-17-35(50)48-46(23-24-46)33-12-10-11-25-47-33)22-21-43(8)29(38(37)45)13-14-32-42(7)18-16-34(54-36(51)27-40(3,4)39(52)53)41(5,6)31(42)15-19-44(32,43)9/h10-12,17,20,25,28-29,31-32,34H,13-16,18-19,21-24,26-27H2,1-9H3,(H,48,50)(H,52,53)/b20-17+/t29-,31+,32-,34+,42+,43-,44-,45+/m1/s1. The van der Waals surface area contributed by atoms with Crippen LogP contribution in [0.5, 0.6) is 0 Å². The van der Waals surface area contributed by atoms with Gasteiger partial charge in [-0.1, -0.05) is 60.6 Å². The van der Waals surface area contributed by atoms with Crippen LogP contribution in [-0.4, -0.2) is 39.8 Å². The van der Waals surface area contributed by atoms with E-state index in [4.69, 9.17) is 4.74 Å². The maximum Gasteiger partial charge on any atom is 0.309 e. The van der Waals surface area contributed by atoms with E-state index in [2.05, 4.69) is 64.8 Å². The summed E-state index contributed by atoms with van der Waals surface area (Å²) in [7, 11) is 0. The summed E-state index contributed by atoms with van der Waals surface area (Å²) < 4.78 is 6.17. The number of aliphatic carboxylic acids is 1. The van der Waals surface area contributed by atoms with E-state index in [9.17, 15) is 24.3 Å². The molecule has 6 aliphatic carbocycles. The number of nitrogens with one attached hydrogen (secondary N) is 1. The molecule has 0 unspecified atom stereocenters. The van der Waals surface area contributed by atoms with Gasteiger partial charge in [0.25, 0.3) is 0 Å². The van der Waals surface area contributed by atoms with Gasteiger partial charge in [0.15, 0.2) is 5.78 Å². The maximum absolute atomic E-state index is 14.1. The normalized spacial score (nSPS) is 37.9. The van der Waals surface area contributed by atoms with Crippen LogP contribution in [0.2, 0.25) is 0 Å². The SMILES string of the molecule is CC(C)C1=C2[C@H]3CC[C@@H]4[C@@]5(C)CC[C@H](OC(=O)CC(C)(C)C(=O)O)C(C)(C)[C@@H]5CC[C@@]4(C)[C@]3(C)CC[C@@]2(/C=C/C(=O)NC2(c3ccccn3)CC2)CC1=O. The minimum Gasteiger partial charge on any atom is -0.481 e. The monoisotopic (exact) mass is 740 g/mol. The third-order valence-corrected chi connectivity index (χ3v) is 16.7. The molecular weight excluding hydrogens is 677 g/mol. The molecular formula is C46H64N2O6. The molecule has 7 rings (SSSR count). The molecule has 1 aromatic heterocycles. The van der Waals surface area contributed by atoms with Crippen molar-refractivity contribution in [3.05, 3.63) is 53.4 Å². The van der Waals surface area contributed by atoms with E-state index in [0.717, 1.165) is 75.5 Å². The van der Waals surface area contributed by atoms with Crippen molar-refractivity contribution in [3.63, 3.8) is 0 Å². The number of aromatic nitrogens is 1. The summed E-state index contributed by atoms with van der Waals surface area (Å²) in [5, 5.41) is 12.9. The summed E-state index contributed by atoms with van der Waals surface area (Å²) in [6.07, 6.45) is 15.4. The molecule has 8 atom stereocenters. The number of fused-ring (bicyclic) bond motifs is 7. The zero-order valence-corrected chi connectivity index (χ0v) is 34.3. The van der Waals surface area contributed by atoms with Gasteiger partial charge in [0, 0.05) is 23.4 Å². The van der Waals surface area contributed by atoms with Gasteiger partial charge in [0.05, 0.1) is 23.1 Å². The Morgan fingerprint density at radius 2 is 1.67 bits per heavy atom. The quantitative estimate of drug-likeness (QED) is 0.191. The van der Waals surface area contributed by atoms with Crippen molar-refractivity contribution >= 4 is 23.6 Å².